The number of amides is 1. The lowest BCUT2D eigenvalue weighted by Gasteiger charge is -2.25. The van der Waals surface area contributed by atoms with E-state index in [1.54, 1.807) is 30.3 Å². The van der Waals surface area contributed by atoms with Crippen LogP contribution < -0.4 is 16.5 Å². The van der Waals surface area contributed by atoms with Gasteiger partial charge in [-0.1, -0.05) is 12.1 Å². The summed E-state index contributed by atoms with van der Waals surface area (Å²) in [5.74, 6) is 0. The standard InChI is InChI=1S/C20H24FN5O2S/c21-11-15(12-22)13-24-20(27)26-14-17(3-6-19(26)23)16-1-4-18(5-2-16)29-25-7-9-28-10-8-25/h1-6,11,14,23H,7-10,12-13,22H2,(H,24,27)/b15-11+,23-19?. The van der Waals surface area contributed by atoms with E-state index in [1.807, 2.05) is 24.3 Å². The molecular weight excluding hydrogens is 393 g/mol. The van der Waals surface area contributed by atoms with Crippen molar-refractivity contribution in [2.75, 3.05) is 39.4 Å². The fraction of sp³-hybridized carbons (Fsp3) is 0.300. The molecule has 0 aliphatic carbocycles. The van der Waals surface area contributed by atoms with Gasteiger partial charge in [0.25, 0.3) is 0 Å². The van der Waals surface area contributed by atoms with Gasteiger partial charge in [0.1, 0.15) is 5.49 Å². The minimum atomic E-state index is -0.510. The Labute approximate surface area is 173 Å². The minimum absolute atomic E-state index is 0.00401. The highest BCUT2D eigenvalue weighted by Crippen LogP contribution is 2.26. The SMILES string of the molecule is N=c1ccc(-c2ccc(SN3CCOCC3)cc2)cn1C(=O)NC/C(=C/F)CN. The number of nitrogens with one attached hydrogen (secondary N) is 2. The molecule has 1 fully saturated rings. The summed E-state index contributed by atoms with van der Waals surface area (Å²) in [6, 6.07) is 10.9. The molecule has 9 heteroatoms. The monoisotopic (exact) mass is 417 g/mol. The van der Waals surface area contributed by atoms with Gasteiger partial charge in [-0.15, -0.1) is 0 Å². The van der Waals surface area contributed by atoms with Crippen molar-refractivity contribution in [1.82, 2.24) is 14.2 Å². The van der Waals surface area contributed by atoms with Gasteiger partial charge in [-0.25, -0.2) is 13.5 Å². The Morgan fingerprint density at radius 1 is 1.21 bits per heavy atom. The van der Waals surface area contributed by atoms with Gasteiger partial charge in [-0.05, 0) is 52.9 Å². The molecule has 29 heavy (non-hydrogen) atoms. The number of carbonyl (C=O) groups is 1. The molecule has 1 amide bonds. The number of halogens is 1. The number of hydrogen-bond donors (Lipinski definition) is 3. The quantitative estimate of drug-likeness (QED) is 0.627. The fourth-order valence-electron chi connectivity index (χ4n) is 2.76. The fourth-order valence-corrected chi connectivity index (χ4v) is 3.65. The van der Waals surface area contributed by atoms with Crippen LogP contribution in [0, 0.1) is 5.41 Å². The van der Waals surface area contributed by atoms with Crippen molar-refractivity contribution in [1.29, 1.82) is 5.41 Å². The van der Waals surface area contributed by atoms with Gasteiger partial charge in [0.2, 0.25) is 0 Å². The predicted octanol–water partition coefficient (Wildman–Crippen LogP) is 2.34. The molecule has 2 aromatic rings. The highest BCUT2D eigenvalue weighted by Gasteiger charge is 2.12. The van der Waals surface area contributed by atoms with Gasteiger partial charge in [-0.2, -0.15) is 0 Å². The normalized spacial score (nSPS) is 15.3. The Kier molecular flexibility index (Phi) is 7.59. The highest BCUT2D eigenvalue weighted by molar-refractivity contribution is 7.97. The Balaban J connectivity index is 1.71. The van der Waals surface area contributed by atoms with Crippen LogP contribution in [0.5, 0.6) is 0 Å². The molecular formula is C20H24FN5O2S. The number of hydrogen-bond acceptors (Lipinski definition) is 6. The number of pyridine rings is 1. The Hall–Kier alpha value is -2.46. The molecule has 7 nitrogen and oxygen atoms in total. The lowest BCUT2D eigenvalue weighted by molar-refractivity contribution is 0.0773. The van der Waals surface area contributed by atoms with E-state index in [9.17, 15) is 9.18 Å². The van der Waals surface area contributed by atoms with E-state index in [0.29, 0.717) is 6.33 Å². The van der Waals surface area contributed by atoms with E-state index in [0.717, 1.165) is 42.3 Å². The van der Waals surface area contributed by atoms with Crippen LogP contribution in [0.15, 0.2) is 59.4 Å². The molecule has 0 radical (unpaired) electrons. The topological polar surface area (TPSA) is 96.4 Å². The zero-order chi connectivity index (χ0) is 20.6. The van der Waals surface area contributed by atoms with E-state index in [4.69, 9.17) is 15.9 Å². The number of nitrogens with two attached hydrogens (primary N) is 1. The van der Waals surface area contributed by atoms with E-state index >= 15 is 0 Å². The zero-order valence-corrected chi connectivity index (χ0v) is 16.8. The second kappa shape index (κ2) is 10.4. The van der Waals surface area contributed by atoms with Crippen molar-refractivity contribution >= 4 is 18.0 Å². The van der Waals surface area contributed by atoms with Crippen molar-refractivity contribution in [3.63, 3.8) is 0 Å². The molecule has 1 aliphatic rings. The Morgan fingerprint density at radius 3 is 2.55 bits per heavy atom. The smallest absolute Gasteiger partial charge is 0.327 e. The molecule has 0 spiro atoms. The van der Waals surface area contributed by atoms with Crippen molar-refractivity contribution in [3.8, 4) is 11.1 Å². The summed E-state index contributed by atoms with van der Waals surface area (Å²) in [5, 5.41) is 10.6. The van der Waals surface area contributed by atoms with Gasteiger partial charge in [0.05, 0.1) is 19.5 Å². The van der Waals surface area contributed by atoms with Crippen molar-refractivity contribution in [3.05, 3.63) is 60.0 Å². The first-order chi connectivity index (χ1) is 14.1. The summed E-state index contributed by atoms with van der Waals surface area (Å²) in [6.45, 7) is 3.31. The first kappa shape index (κ1) is 21.3. The largest absolute Gasteiger partial charge is 0.379 e. The molecule has 2 heterocycles. The maximum atomic E-state index is 12.6. The van der Waals surface area contributed by atoms with Gasteiger partial charge >= 0.3 is 6.03 Å². The third-order valence-electron chi connectivity index (χ3n) is 4.44. The van der Waals surface area contributed by atoms with E-state index in [-0.39, 0.29) is 24.2 Å². The summed E-state index contributed by atoms with van der Waals surface area (Å²) >= 11 is 1.70. The number of rotatable bonds is 6. The maximum Gasteiger partial charge on any atom is 0.327 e. The predicted molar refractivity (Wildman–Crippen MR) is 111 cm³/mol. The number of nitrogens with zero attached hydrogens (tertiary/aromatic N) is 2. The van der Waals surface area contributed by atoms with Crippen LogP contribution >= 0.6 is 11.9 Å². The lowest BCUT2D eigenvalue weighted by Crippen LogP contribution is -2.37. The van der Waals surface area contributed by atoms with E-state index in [2.05, 4.69) is 9.62 Å². The summed E-state index contributed by atoms with van der Waals surface area (Å²) in [7, 11) is 0. The molecule has 1 aromatic heterocycles. The van der Waals surface area contributed by atoms with Crippen molar-refractivity contribution < 1.29 is 13.9 Å². The summed E-state index contributed by atoms with van der Waals surface area (Å²) in [6.07, 6.45) is 1.99. The lowest BCUT2D eigenvalue weighted by atomic mass is 10.1. The van der Waals surface area contributed by atoms with E-state index in [1.165, 1.54) is 4.57 Å². The maximum absolute atomic E-state index is 12.6. The molecule has 0 saturated carbocycles. The third-order valence-corrected chi connectivity index (χ3v) is 5.55. The number of aromatic nitrogens is 1. The second-order valence-corrected chi connectivity index (χ2v) is 7.63. The molecule has 0 unspecified atom stereocenters. The van der Waals surface area contributed by atoms with Crippen LogP contribution in [-0.4, -0.2) is 54.3 Å². The number of morpholine rings is 1. The average molecular weight is 418 g/mol. The van der Waals surface area contributed by atoms with Crippen LogP contribution in [0.1, 0.15) is 0 Å². The van der Waals surface area contributed by atoms with Crippen molar-refractivity contribution in [2.24, 2.45) is 5.73 Å². The van der Waals surface area contributed by atoms with E-state index < -0.39 is 6.03 Å². The highest BCUT2D eigenvalue weighted by atomic mass is 32.2. The van der Waals surface area contributed by atoms with Crippen LogP contribution in [0.4, 0.5) is 9.18 Å². The Bertz CT molecular complexity index is 923. The van der Waals surface area contributed by atoms with Gasteiger partial charge in [0, 0.05) is 37.3 Å². The minimum Gasteiger partial charge on any atom is -0.379 e. The van der Waals surface area contributed by atoms with Gasteiger partial charge in [-0.3, -0.25) is 9.98 Å². The molecule has 0 bridgehead atoms. The second-order valence-electron chi connectivity index (χ2n) is 6.46. The molecule has 154 valence electrons. The molecule has 0 atom stereocenters. The number of benzene rings is 1. The number of carbonyl (C=O) groups excluding carboxylic acids is 1. The molecule has 1 aromatic carbocycles. The van der Waals surface area contributed by atoms with Crippen LogP contribution in [0.2, 0.25) is 0 Å². The average Bonchev–Trinajstić information content (AvgIpc) is 2.76. The molecule has 1 aliphatic heterocycles. The van der Waals surface area contributed by atoms with Crippen molar-refractivity contribution in [2.45, 2.75) is 4.90 Å². The molecule has 1 saturated heterocycles. The third kappa shape index (κ3) is 5.77. The Morgan fingerprint density at radius 2 is 1.90 bits per heavy atom. The van der Waals surface area contributed by atoms with Gasteiger partial charge in [0.15, 0.2) is 0 Å². The van der Waals surface area contributed by atoms with Crippen LogP contribution in [0.3, 0.4) is 0 Å². The van der Waals surface area contributed by atoms with Crippen LogP contribution in [-0.2, 0) is 4.74 Å². The van der Waals surface area contributed by atoms with Crippen LogP contribution in [0.25, 0.3) is 11.1 Å². The first-order valence-corrected chi connectivity index (χ1v) is 10.0. The summed E-state index contributed by atoms with van der Waals surface area (Å²) in [4.78, 5) is 13.5. The summed E-state index contributed by atoms with van der Waals surface area (Å²) < 4.78 is 21.4. The molecule has 4 N–H and O–H groups in total. The summed E-state index contributed by atoms with van der Waals surface area (Å²) in [5.41, 5.74) is 7.44. The van der Waals surface area contributed by atoms with Gasteiger partial charge < -0.3 is 15.8 Å². The molecule has 3 rings (SSSR count). The number of ether oxygens (including phenoxy) is 1. The first-order valence-electron chi connectivity index (χ1n) is 9.25. The zero-order valence-electron chi connectivity index (χ0n) is 15.9.